The van der Waals surface area contributed by atoms with Crippen LogP contribution in [-0.4, -0.2) is 20.4 Å². The first-order chi connectivity index (χ1) is 10.9. The van der Waals surface area contributed by atoms with Crippen molar-refractivity contribution >= 4 is 32.6 Å². The Kier molecular flexibility index (Phi) is 3.96. The van der Waals surface area contributed by atoms with Crippen LogP contribution in [0.4, 0.5) is 5.13 Å². The van der Waals surface area contributed by atoms with Crippen LogP contribution in [-0.2, 0) is 11.3 Å². The van der Waals surface area contributed by atoms with Crippen LogP contribution in [0.2, 0.25) is 0 Å². The third-order valence-corrected chi connectivity index (χ3v) is 4.39. The first-order valence-corrected chi connectivity index (χ1v) is 7.96. The van der Waals surface area contributed by atoms with Gasteiger partial charge in [0, 0.05) is 11.4 Å². The number of fused-ring (bicyclic) bond motifs is 1. The van der Waals surface area contributed by atoms with Crippen LogP contribution < -0.4 is 11.0 Å². The number of rotatable bonds is 3. The Morgan fingerprint density at radius 1 is 1.22 bits per heavy atom. The molecule has 0 aliphatic carbocycles. The number of aromatic nitrogens is 3. The molecule has 1 amide bonds. The molecule has 0 bridgehead atoms. The Morgan fingerprint density at radius 3 is 2.74 bits per heavy atom. The number of thiazole rings is 1. The van der Waals surface area contributed by atoms with E-state index in [4.69, 9.17) is 0 Å². The molecule has 1 N–H and O–H groups in total. The van der Waals surface area contributed by atoms with Gasteiger partial charge in [-0.25, -0.2) is 9.78 Å². The number of carbonyl (C=O) groups is 1. The van der Waals surface area contributed by atoms with Crippen LogP contribution in [0, 0.1) is 20.8 Å². The van der Waals surface area contributed by atoms with Crippen molar-refractivity contribution in [1.29, 1.82) is 0 Å². The minimum Gasteiger partial charge on any atom is -0.300 e. The Hall–Kier alpha value is -2.54. The quantitative estimate of drug-likeness (QED) is 0.801. The lowest BCUT2D eigenvalue weighted by Crippen LogP contribution is -2.31. The van der Waals surface area contributed by atoms with E-state index >= 15 is 0 Å². The van der Waals surface area contributed by atoms with Crippen molar-refractivity contribution in [1.82, 2.24) is 14.5 Å². The van der Waals surface area contributed by atoms with Gasteiger partial charge in [-0.1, -0.05) is 17.4 Å². The molecule has 0 saturated carbocycles. The number of nitrogens with zero attached hydrogens (tertiary/aromatic N) is 3. The summed E-state index contributed by atoms with van der Waals surface area (Å²) < 4.78 is 2.36. The van der Waals surface area contributed by atoms with Gasteiger partial charge in [0.05, 0.1) is 10.2 Å². The number of carbonyl (C=O) groups excluding carboxylic acids is 1. The SMILES string of the molecule is Cc1ccc2sc(NC(=O)Cn3c(C)cc(C)nc3=O)nc2c1. The summed E-state index contributed by atoms with van der Waals surface area (Å²) in [6.07, 6.45) is 0. The van der Waals surface area contributed by atoms with Crippen molar-refractivity contribution in [2.24, 2.45) is 0 Å². The topological polar surface area (TPSA) is 76.9 Å². The Morgan fingerprint density at radius 2 is 2.00 bits per heavy atom. The second kappa shape index (κ2) is 5.92. The molecule has 2 heterocycles. The third kappa shape index (κ3) is 3.29. The molecule has 0 atom stereocenters. The molecule has 3 aromatic rings. The van der Waals surface area contributed by atoms with Crippen molar-refractivity contribution in [3.05, 3.63) is 51.7 Å². The highest BCUT2D eigenvalue weighted by molar-refractivity contribution is 7.22. The summed E-state index contributed by atoms with van der Waals surface area (Å²) in [6, 6.07) is 7.73. The molecule has 2 aromatic heterocycles. The number of anilines is 1. The predicted octanol–water partition coefficient (Wildman–Crippen LogP) is 2.42. The van der Waals surface area contributed by atoms with Gasteiger partial charge in [0.15, 0.2) is 5.13 Å². The Bertz CT molecular complexity index is 958. The molecule has 0 radical (unpaired) electrons. The van der Waals surface area contributed by atoms with Gasteiger partial charge in [-0.2, -0.15) is 4.98 Å². The fourth-order valence-corrected chi connectivity index (χ4v) is 3.22. The monoisotopic (exact) mass is 328 g/mol. The fourth-order valence-electron chi connectivity index (χ4n) is 2.36. The number of aryl methyl sites for hydroxylation is 3. The van der Waals surface area contributed by atoms with Crippen LogP contribution >= 0.6 is 11.3 Å². The van der Waals surface area contributed by atoms with E-state index in [-0.39, 0.29) is 12.5 Å². The van der Waals surface area contributed by atoms with Crippen molar-refractivity contribution in [3.8, 4) is 0 Å². The molecule has 0 unspecified atom stereocenters. The minimum absolute atomic E-state index is 0.0765. The van der Waals surface area contributed by atoms with E-state index in [1.807, 2.05) is 25.1 Å². The second-order valence-corrected chi connectivity index (χ2v) is 6.48. The molecule has 0 aliphatic rings. The number of hydrogen-bond donors (Lipinski definition) is 1. The number of benzene rings is 1. The predicted molar refractivity (Wildman–Crippen MR) is 91.0 cm³/mol. The van der Waals surface area contributed by atoms with E-state index in [1.165, 1.54) is 15.9 Å². The largest absolute Gasteiger partial charge is 0.348 e. The Labute approximate surface area is 136 Å². The average molecular weight is 328 g/mol. The van der Waals surface area contributed by atoms with Gasteiger partial charge in [0.25, 0.3) is 0 Å². The zero-order valence-corrected chi connectivity index (χ0v) is 13.9. The van der Waals surface area contributed by atoms with Crippen LogP contribution in [0.15, 0.2) is 29.1 Å². The number of nitrogens with one attached hydrogen (secondary N) is 1. The van der Waals surface area contributed by atoms with E-state index in [2.05, 4.69) is 15.3 Å². The molecule has 6 nitrogen and oxygen atoms in total. The van der Waals surface area contributed by atoms with Crippen molar-refractivity contribution in [2.75, 3.05) is 5.32 Å². The zero-order valence-electron chi connectivity index (χ0n) is 13.1. The van der Waals surface area contributed by atoms with E-state index < -0.39 is 5.69 Å². The van der Waals surface area contributed by atoms with Gasteiger partial charge < -0.3 is 5.32 Å². The summed E-state index contributed by atoms with van der Waals surface area (Å²) in [7, 11) is 0. The normalized spacial score (nSPS) is 10.9. The third-order valence-electron chi connectivity index (χ3n) is 3.44. The average Bonchev–Trinajstić information content (AvgIpc) is 2.84. The maximum atomic E-state index is 12.2. The lowest BCUT2D eigenvalue weighted by atomic mass is 10.2. The van der Waals surface area contributed by atoms with Crippen LogP contribution in [0.25, 0.3) is 10.2 Å². The molecular formula is C16H16N4O2S. The zero-order chi connectivity index (χ0) is 16.6. The maximum absolute atomic E-state index is 12.2. The molecular weight excluding hydrogens is 312 g/mol. The summed E-state index contributed by atoms with van der Waals surface area (Å²) >= 11 is 1.41. The molecule has 7 heteroatoms. The maximum Gasteiger partial charge on any atom is 0.348 e. The van der Waals surface area contributed by atoms with Gasteiger partial charge in [-0.15, -0.1) is 0 Å². The molecule has 23 heavy (non-hydrogen) atoms. The first-order valence-electron chi connectivity index (χ1n) is 7.14. The summed E-state index contributed by atoms with van der Waals surface area (Å²) in [5, 5.41) is 3.28. The number of hydrogen-bond acceptors (Lipinski definition) is 5. The first kappa shape index (κ1) is 15.4. The molecule has 0 saturated heterocycles. The second-order valence-electron chi connectivity index (χ2n) is 5.45. The smallest absolute Gasteiger partial charge is 0.300 e. The van der Waals surface area contributed by atoms with E-state index in [9.17, 15) is 9.59 Å². The highest BCUT2D eigenvalue weighted by atomic mass is 32.1. The fraction of sp³-hybridized carbons (Fsp3) is 0.250. The summed E-state index contributed by atoms with van der Waals surface area (Å²) in [5.74, 6) is -0.295. The molecule has 3 rings (SSSR count). The van der Waals surface area contributed by atoms with Crippen LogP contribution in [0.3, 0.4) is 0 Å². The van der Waals surface area contributed by atoms with Crippen molar-refractivity contribution in [2.45, 2.75) is 27.3 Å². The highest BCUT2D eigenvalue weighted by Crippen LogP contribution is 2.26. The van der Waals surface area contributed by atoms with Crippen molar-refractivity contribution in [3.63, 3.8) is 0 Å². The summed E-state index contributed by atoms with van der Waals surface area (Å²) in [4.78, 5) is 32.3. The molecule has 0 spiro atoms. The van der Waals surface area contributed by atoms with Gasteiger partial charge in [0.1, 0.15) is 6.54 Å². The minimum atomic E-state index is -0.419. The molecule has 0 aliphatic heterocycles. The van der Waals surface area contributed by atoms with Crippen molar-refractivity contribution < 1.29 is 4.79 Å². The molecule has 118 valence electrons. The highest BCUT2D eigenvalue weighted by Gasteiger charge is 2.11. The van der Waals surface area contributed by atoms with Gasteiger partial charge in [-0.3, -0.25) is 9.36 Å². The summed E-state index contributed by atoms with van der Waals surface area (Å²) in [6.45, 7) is 5.45. The van der Waals surface area contributed by atoms with Gasteiger partial charge in [-0.05, 0) is 44.5 Å². The van der Waals surface area contributed by atoms with Crippen LogP contribution in [0.5, 0.6) is 0 Å². The molecule has 1 aromatic carbocycles. The van der Waals surface area contributed by atoms with Gasteiger partial charge in [0.2, 0.25) is 5.91 Å². The van der Waals surface area contributed by atoms with Crippen LogP contribution in [0.1, 0.15) is 17.0 Å². The van der Waals surface area contributed by atoms with Gasteiger partial charge >= 0.3 is 5.69 Å². The lowest BCUT2D eigenvalue weighted by Gasteiger charge is -2.08. The van der Waals surface area contributed by atoms with E-state index in [1.54, 1.807) is 19.9 Å². The summed E-state index contributed by atoms with van der Waals surface area (Å²) in [5.41, 5.74) is 2.91. The Balaban J connectivity index is 1.80. The van der Waals surface area contributed by atoms with E-state index in [0.717, 1.165) is 15.8 Å². The standard InChI is InChI=1S/C16H16N4O2S/c1-9-4-5-13-12(6-9)18-15(23-13)19-14(21)8-20-11(3)7-10(2)17-16(20)22/h4-7H,8H2,1-3H3,(H,18,19,21). The number of amides is 1. The van der Waals surface area contributed by atoms with E-state index in [0.29, 0.717) is 16.5 Å². The lowest BCUT2D eigenvalue weighted by molar-refractivity contribution is -0.116. The molecule has 0 fully saturated rings.